The molecule has 336 valence electrons. The molecule has 0 saturated carbocycles. The van der Waals surface area contributed by atoms with Gasteiger partial charge >= 0.3 is 12.2 Å². The fraction of sp³-hybridized carbons (Fsp3) is 0.256. The fourth-order valence-electron chi connectivity index (χ4n) is 6.98. The molecule has 1 atom stereocenters. The Morgan fingerprint density at radius 1 is 0.877 bits per heavy atom. The zero-order chi connectivity index (χ0) is 46.3. The second-order valence-electron chi connectivity index (χ2n) is 14.8. The standard InChI is InChI=1S/C43H38ClF3N10O8/c44-31-13-10-25(21-30(31)43(45,46)47)51-42(64)50-24-8-11-27(12-9-24)65-28-17-19-48-33(22-28)38(60)49-18-16-26-23-56(55-54-26)20-3-1-2-7-35(58)52-32-6-4-5-29-37(32)41(63)57(40(29)62)34-14-15-36(59)53-39(34)61/h4-6,8-13,17,19,21-23,34H,1-3,7,14-16,18,20H2,(H,49,60)(H,52,58)(H2,50,51,64)(H,53,59,61). The number of amides is 8. The molecule has 22 heteroatoms. The monoisotopic (exact) mass is 914 g/mol. The van der Waals surface area contributed by atoms with E-state index in [2.05, 4.69) is 41.9 Å². The van der Waals surface area contributed by atoms with Crippen LogP contribution >= 0.6 is 11.6 Å². The quantitative estimate of drug-likeness (QED) is 0.0540. The van der Waals surface area contributed by atoms with Gasteiger partial charge in [0.1, 0.15) is 23.2 Å². The number of fused-ring (bicyclic) bond motifs is 1. The molecule has 0 bridgehead atoms. The van der Waals surface area contributed by atoms with Gasteiger partial charge < -0.3 is 26.0 Å². The van der Waals surface area contributed by atoms with E-state index in [1.807, 2.05) is 0 Å². The predicted octanol–water partition coefficient (Wildman–Crippen LogP) is 6.35. The number of urea groups is 1. The Bertz CT molecular complexity index is 2680. The van der Waals surface area contributed by atoms with Gasteiger partial charge in [-0.2, -0.15) is 13.2 Å². The first-order chi connectivity index (χ1) is 31.1. The van der Waals surface area contributed by atoms with Crippen molar-refractivity contribution in [3.05, 3.63) is 118 Å². The van der Waals surface area contributed by atoms with Gasteiger partial charge in [-0.3, -0.25) is 48.6 Å². The minimum atomic E-state index is -4.69. The maximum Gasteiger partial charge on any atom is 0.417 e. The molecule has 7 rings (SSSR count). The van der Waals surface area contributed by atoms with Crippen LogP contribution in [0.4, 0.5) is 35.0 Å². The molecule has 2 aliphatic rings. The maximum absolute atomic E-state index is 13.3. The predicted molar refractivity (Wildman–Crippen MR) is 226 cm³/mol. The van der Waals surface area contributed by atoms with Crippen molar-refractivity contribution < 1.29 is 51.5 Å². The second-order valence-corrected chi connectivity index (χ2v) is 15.2. The number of halogens is 4. The van der Waals surface area contributed by atoms with Crippen LogP contribution in [-0.4, -0.2) is 78.9 Å². The summed E-state index contributed by atoms with van der Waals surface area (Å²) in [7, 11) is 0. The SMILES string of the molecule is O=C1CCC(N2C(=O)c3cccc(NC(=O)CCCCCn4cc(CCNC(=O)c5cc(Oc6ccc(NC(=O)Nc7ccc(Cl)c(C(F)(F)F)c7)cc6)ccn5)nn4)c3C2=O)C(=O)N1. The van der Waals surface area contributed by atoms with Crippen molar-refractivity contribution in [2.24, 2.45) is 0 Å². The van der Waals surface area contributed by atoms with Crippen LogP contribution in [0.25, 0.3) is 0 Å². The number of pyridine rings is 1. The Hall–Kier alpha value is -7.68. The molecule has 2 aromatic heterocycles. The summed E-state index contributed by atoms with van der Waals surface area (Å²) in [5, 5.41) is 20.3. The van der Waals surface area contributed by atoms with E-state index in [-0.39, 0.29) is 59.9 Å². The van der Waals surface area contributed by atoms with Gasteiger partial charge in [-0.05, 0) is 79.9 Å². The first kappa shape index (κ1) is 45.3. The van der Waals surface area contributed by atoms with Gasteiger partial charge in [-0.15, -0.1) is 5.10 Å². The smallest absolute Gasteiger partial charge is 0.417 e. The maximum atomic E-state index is 13.3. The number of rotatable bonds is 16. The number of carbonyl (C=O) groups is 7. The zero-order valence-electron chi connectivity index (χ0n) is 34.0. The average molecular weight is 915 g/mol. The Kier molecular flexibility index (Phi) is 13.8. The van der Waals surface area contributed by atoms with Crippen molar-refractivity contribution in [2.75, 3.05) is 22.5 Å². The number of piperidine rings is 1. The minimum Gasteiger partial charge on any atom is -0.457 e. The summed E-state index contributed by atoms with van der Waals surface area (Å²) < 4.78 is 47.0. The van der Waals surface area contributed by atoms with E-state index in [0.717, 1.165) is 17.0 Å². The number of aryl methyl sites for hydroxylation is 1. The second kappa shape index (κ2) is 19.8. The van der Waals surface area contributed by atoms with Gasteiger partial charge in [0.25, 0.3) is 17.7 Å². The van der Waals surface area contributed by atoms with Crippen LogP contribution in [0.3, 0.4) is 0 Å². The number of alkyl halides is 3. The Morgan fingerprint density at radius 2 is 1.65 bits per heavy atom. The highest BCUT2D eigenvalue weighted by molar-refractivity contribution is 6.31. The van der Waals surface area contributed by atoms with Crippen LogP contribution in [0, 0.1) is 0 Å². The van der Waals surface area contributed by atoms with E-state index in [1.54, 1.807) is 29.1 Å². The number of anilines is 3. The van der Waals surface area contributed by atoms with E-state index < -0.39 is 58.4 Å². The lowest BCUT2D eigenvalue weighted by Crippen LogP contribution is -2.54. The number of imide groups is 2. The number of nitrogens with one attached hydrogen (secondary N) is 5. The van der Waals surface area contributed by atoms with E-state index >= 15 is 0 Å². The van der Waals surface area contributed by atoms with Crippen molar-refractivity contribution in [3.63, 3.8) is 0 Å². The molecule has 0 radical (unpaired) electrons. The molecular formula is C43H38ClF3N10O8. The molecule has 1 saturated heterocycles. The molecule has 3 aromatic carbocycles. The third-order valence-electron chi connectivity index (χ3n) is 10.1. The summed E-state index contributed by atoms with van der Waals surface area (Å²) >= 11 is 5.64. The number of hydrogen-bond donors (Lipinski definition) is 5. The summed E-state index contributed by atoms with van der Waals surface area (Å²) in [6, 6.07) is 14.7. The number of ether oxygens (including phenoxy) is 1. The summed E-state index contributed by atoms with van der Waals surface area (Å²) in [6.07, 6.45) is 0.925. The van der Waals surface area contributed by atoms with Crippen molar-refractivity contribution in [1.29, 1.82) is 0 Å². The molecule has 4 heterocycles. The molecule has 8 amide bonds. The Morgan fingerprint density at radius 3 is 2.42 bits per heavy atom. The first-order valence-corrected chi connectivity index (χ1v) is 20.5. The third kappa shape index (κ3) is 11.3. The Labute approximate surface area is 372 Å². The molecular weight excluding hydrogens is 877 g/mol. The molecule has 5 aromatic rings. The highest BCUT2D eigenvalue weighted by Crippen LogP contribution is 2.36. The van der Waals surface area contributed by atoms with Crippen LogP contribution in [0.5, 0.6) is 11.5 Å². The van der Waals surface area contributed by atoms with E-state index in [1.165, 1.54) is 48.7 Å². The molecule has 0 spiro atoms. The van der Waals surface area contributed by atoms with Gasteiger partial charge in [-0.1, -0.05) is 29.3 Å². The van der Waals surface area contributed by atoms with E-state index in [0.29, 0.717) is 55.1 Å². The number of nitrogens with zero attached hydrogens (tertiary/aromatic N) is 5. The summed E-state index contributed by atoms with van der Waals surface area (Å²) in [6.45, 7) is 0.771. The molecule has 2 aliphatic heterocycles. The van der Waals surface area contributed by atoms with Gasteiger partial charge in [0.2, 0.25) is 17.7 Å². The van der Waals surface area contributed by atoms with Crippen molar-refractivity contribution in [3.8, 4) is 11.5 Å². The van der Waals surface area contributed by atoms with Gasteiger partial charge in [0.05, 0.1) is 33.1 Å². The lowest BCUT2D eigenvalue weighted by Gasteiger charge is -2.27. The average Bonchev–Trinajstić information content (AvgIpc) is 3.82. The van der Waals surface area contributed by atoms with Crippen molar-refractivity contribution in [1.82, 2.24) is 35.5 Å². The van der Waals surface area contributed by atoms with Gasteiger partial charge in [-0.25, -0.2) is 4.79 Å². The number of unbranched alkanes of at least 4 members (excludes halogenated alkanes) is 2. The number of benzene rings is 3. The summed E-state index contributed by atoms with van der Waals surface area (Å²) in [4.78, 5) is 93.4. The number of aromatic nitrogens is 4. The lowest BCUT2D eigenvalue weighted by atomic mass is 10.0. The number of carbonyl (C=O) groups excluding carboxylic acids is 7. The van der Waals surface area contributed by atoms with E-state index in [4.69, 9.17) is 16.3 Å². The van der Waals surface area contributed by atoms with Crippen LogP contribution in [-0.2, 0) is 33.5 Å². The highest BCUT2D eigenvalue weighted by Gasteiger charge is 2.45. The largest absolute Gasteiger partial charge is 0.457 e. The van der Waals surface area contributed by atoms with Crippen LogP contribution in [0.2, 0.25) is 5.02 Å². The van der Waals surface area contributed by atoms with E-state index in [9.17, 15) is 46.7 Å². The molecule has 18 nitrogen and oxygen atoms in total. The van der Waals surface area contributed by atoms with Gasteiger partial charge in [0, 0.05) is 62.2 Å². The molecule has 5 N–H and O–H groups in total. The normalized spacial score (nSPS) is 14.7. The first-order valence-electron chi connectivity index (χ1n) is 20.1. The lowest BCUT2D eigenvalue weighted by molar-refractivity contribution is -0.138. The summed E-state index contributed by atoms with van der Waals surface area (Å²) in [5.74, 6) is -2.69. The van der Waals surface area contributed by atoms with Gasteiger partial charge in [0.15, 0.2) is 0 Å². The minimum absolute atomic E-state index is 0.00480. The van der Waals surface area contributed by atoms with Crippen molar-refractivity contribution >= 4 is 70.1 Å². The van der Waals surface area contributed by atoms with Crippen LogP contribution in [0.1, 0.15) is 81.0 Å². The molecule has 65 heavy (non-hydrogen) atoms. The summed E-state index contributed by atoms with van der Waals surface area (Å²) in [5.41, 5.74) is 0.132. The van der Waals surface area contributed by atoms with Crippen LogP contribution < -0.4 is 31.3 Å². The van der Waals surface area contributed by atoms with Crippen molar-refractivity contribution in [2.45, 2.75) is 63.7 Å². The number of hydrogen-bond acceptors (Lipinski definition) is 11. The molecule has 1 unspecified atom stereocenters. The third-order valence-corrected chi connectivity index (χ3v) is 10.5. The highest BCUT2D eigenvalue weighted by atomic mass is 35.5. The zero-order valence-corrected chi connectivity index (χ0v) is 34.8. The Balaban J connectivity index is 0.796. The van der Waals surface area contributed by atoms with Crippen LogP contribution in [0.15, 0.2) is 85.2 Å². The molecule has 0 aliphatic carbocycles. The molecule has 1 fully saturated rings. The topological polar surface area (TPSA) is 236 Å². The fourth-order valence-corrected chi connectivity index (χ4v) is 7.20.